The molecule has 35 heavy (non-hydrogen) atoms. The Balaban J connectivity index is 2.55. The first kappa shape index (κ1) is 28.3. The van der Waals surface area contributed by atoms with E-state index >= 15 is 0 Å². The van der Waals surface area contributed by atoms with Crippen LogP contribution in [0.25, 0.3) is 5.82 Å². The number of hydrogen-bond donors (Lipinski definition) is 0. The minimum absolute atomic E-state index is 0.117. The molecule has 0 N–H and O–H groups in total. The zero-order chi connectivity index (χ0) is 26.6. The summed E-state index contributed by atoms with van der Waals surface area (Å²) in [5, 5.41) is 0. The number of ether oxygens (including phenoxy) is 2. The average molecular weight is 517 g/mol. The molecule has 0 aliphatic rings. The van der Waals surface area contributed by atoms with Crippen LogP contribution in [0, 0.1) is 12.8 Å². The van der Waals surface area contributed by atoms with Gasteiger partial charge in [-0.25, -0.2) is 14.8 Å². The third kappa shape index (κ3) is 7.04. The van der Waals surface area contributed by atoms with E-state index in [9.17, 15) is 39.9 Å². The van der Waals surface area contributed by atoms with Crippen molar-refractivity contribution in [3.8, 4) is 11.6 Å². The maximum atomic E-state index is 13.1. The van der Waals surface area contributed by atoms with E-state index in [-0.39, 0.29) is 36.1 Å². The van der Waals surface area contributed by atoms with E-state index < -0.39 is 48.6 Å². The zero-order valence-corrected chi connectivity index (χ0v) is 18.9. The quantitative estimate of drug-likeness (QED) is 0.220. The highest BCUT2D eigenvalue weighted by Crippen LogP contribution is 2.41. The Morgan fingerprint density at radius 3 is 2.26 bits per heavy atom. The van der Waals surface area contributed by atoms with Crippen LogP contribution in [0.15, 0.2) is 12.3 Å². The average Bonchev–Trinajstić information content (AvgIpc) is 3.06. The molecule has 0 fully saturated rings. The summed E-state index contributed by atoms with van der Waals surface area (Å²) in [6.45, 7) is 1.58. The largest absolute Gasteiger partial charge is 0.461 e. The highest BCUT2D eigenvalue weighted by Gasteiger charge is 2.56. The Hall–Kier alpha value is -2.93. The maximum absolute atomic E-state index is 13.1. The minimum Gasteiger partial charge on any atom is -0.461 e. The molecule has 0 aromatic carbocycles. The summed E-state index contributed by atoms with van der Waals surface area (Å²) in [7, 11) is 0. The summed E-state index contributed by atoms with van der Waals surface area (Å²) < 4.78 is 115. The second kappa shape index (κ2) is 11.2. The minimum atomic E-state index is -5.62. The second-order valence-corrected chi connectivity index (χ2v) is 7.52. The fraction of sp³-hybridized carbons (Fsp3) is 0.571. The number of imidazole rings is 1. The number of aromatic nitrogens is 3. The van der Waals surface area contributed by atoms with Crippen LogP contribution in [0.4, 0.5) is 35.1 Å². The Labute approximate surface area is 195 Å². The molecule has 0 bridgehead atoms. The lowest BCUT2D eigenvalue weighted by molar-refractivity contribution is -0.283. The molecule has 2 rings (SSSR count). The van der Waals surface area contributed by atoms with Gasteiger partial charge in [0.1, 0.15) is 5.82 Å². The van der Waals surface area contributed by atoms with Crippen LogP contribution in [0.3, 0.4) is 0 Å². The van der Waals surface area contributed by atoms with Crippen molar-refractivity contribution in [2.75, 3.05) is 6.61 Å². The number of esters is 1. The summed E-state index contributed by atoms with van der Waals surface area (Å²) in [6, 6.07) is 0.636. The van der Waals surface area contributed by atoms with Gasteiger partial charge < -0.3 is 9.47 Å². The van der Waals surface area contributed by atoms with Gasteiger partial charge in [0.25, 0.3) is 0 Å². The number of aryl methyl sites for hydroxylation is 1. The first-order valence-electron chi connectivity index (χ1n) is 10.5. The number of carbonyl (C=O) groups is 1. The van der Waals surface area contributed by atoms with Crippen molar-refractivity contribution < 1.29 is 49.4 Å². The fourth-order valence-corrected chi connectivity index (χ4v) is 3.24. The molecule has 0 saturated heterocycles. The molecule has 0 unspecified atom stereocenters. The predicted molar refractivity (Wildman–Crippen MR) is 107 cm³/mol. The van der Waals surface area contributed by atoms with Gasteiger partial charge in [-0.2, -0.15) is 35.1 Å². The number of rotatable bonds is 10. The first-order valence-corrected chi connectivity index (χ1v) is 10.5. The van der Waals surface area contributed by atoms with Crippen molar-refractivity contribution in [3.63, 3.8) is 0 Å². The van der Waals surface area contributed by atoms with E-state index in [1.807, 2.05) is 6.92 Å². The van der Waals surface area contributed by atoms with Crippen LogP contribution in [-0.2, 0) is 17.6 Å². The van der Waals surface area contributed by atoms with Crippen LogP contribution < -0.4 is 4.74 Å². The van der Waals surface area contributed by atoms with E-state index in [1.165, 1.54) is 11.5 Å². The molecule has 2 aromatic rings. The summed E-state index contributed by atoms with van der Waals surface area (Å²) >= 11 is 0. The summed E-state index contributed by atoms with van der Waals surface area (Å²) in [4.78, 5) is 20.4. The van der Waals surface area contributed by atoms with Gasteiger partial charge in [-0.1, -0.05) is 20.3 Å². The lowest BCUT2D eigenvalue weighted by atomic mass is 9.99. The molecule has 0 aliphatic heterocycles. The monoisotopic (exact) mass is 517 g/mol. The highest BCUT2D eigenvalue weighted by atomic mass is 19.4. The van der Waals surface area contributed by atoms with Crippen LogP contribution in [-0.4, -0.2) is 46.1 Å². The standard InChI is InChI=1S/C21H23F8N3O3/c1-4-6-7-34-18(33)16-11(3)32(15(5-2)31-16)17-13(35-19(22)23)8-12(10-30-17)9-14(20(24,25)26)21(27,28)29/h8,10,14,19H,4-7,9H2,1-3H3. The Bertz CT molecular complexity index is 1000. The zero-order valence-electron chi connectivity index (χ0n) is 18.9. The Morgan fingerprint density at radius 2 is 1.74 bits per heavy atom. The number of pyridine rings is 1. The second-order valence-electron chi connectivity index (χ2n) is 7.52. The van der Waals surface area contributed by atoms with E-state index in [0.29, 0.717) is 18.7 Å². The molecule has 0 atom stereocenters. The number of halogens is 8. The van der Waals surface area contributed by atoms with Gasteiger partial charge in [-0.05, 0) is 31.4 Å². The highest BCUT2D eigenvalue weighted by molar-refractivity contribution is 5.88. The lowest BCUT2D eigenvalue weighted by Gasteiger charge is -2.23. The number of alkyl halides is 8. The Kier molecular flexibility index (Phi) is 9.06. The maximum Gasteiger partial charge on any atom is 0.400 e. The molecule has 2 aromatic heterocycles. The van der Waals surface area contributed by atoms with Gasteiger partial charge in [0.15, 0.2) is 23.2 Å². The first-order chi connectivity index (χ1) is 16.2. The third-order valence-corrected chi connectivity index (χ3v) is 4.97. The van der Waals surface area contributed by atoms with Crippen molar-refractivity contribution in [3.05, 3.63) is 35.0 Å². The molecule has 14 heteroatoms. The van der Waals surface area contributed by atoms with E-state index in [1.54, 1.807) is 6.92 Å². The number of carbonyl (C=O) groups excluding carboxylic acids is 1. The summed E-state index contributed by atoms with van der Waals surface area (Å²) in [5.41, 5.74) is -0.647. The van der Waals surface area contributed by atoms with Crippen LogP contribution >= 0.6 is 0 Å². The molecular formula is C21H23F8N3O3. The van der Waals surface area contributed by atoms with Gasteiger partial charge in [0.05, 0.1) is 12.3 Å². The molecule has 0 radical (unpaired) electrons. The molecule has 0 saturated carbocycles. The van der Waals surface area contributed by atoms with Gasteiger partial charge >= 0.3 is 24.9 Å². The van der Waals surface area contributed by atoms with Crippen LogP contribution in [0.1, 0.15) is 54.3 Å². The van der Waals surface area contributed by atoms with Crippen molar-refractivity contribution in [1.29, 1.82) is 0 Å². The van der Waals surface area contributed by atoms with Gasteiger partial charge in [0, 0.05) is 12.6 Å². The fourth-order valence-electron chi connectivity index (χ4n) is 3.24. The van der Waals surface area contributed by atoms with Crippen LogP contribution in [0.5, 0.6) is 5.75 Å². The van der Waals surface area contributed by atoms with Crippen molar-refractivity contribution in [1.82, 2.24) is 14.5 Å². The molecule has 0 spiro atoms. The number of unbranched alkanes of at least 4 members (excludes halogenated alkanes) is 1. The summed E-state index contributed by atoms with van der Waals surface area (Å²) in [5.74, 6) is -5.50. The third-order valence-electron chi connectivity index (χ3n) is 4.97. The van der Waals surface area contributed by atoms with Crippen molar-refractivity contribution in [2.45, 2.75) is 65.4 Å². The smallest absolute Gasteiger partial charge is 0.400 e. The van der Waals surface area contributed by atoms with E-state index in [4.69, 9.17) is 4.74 Å². The van der Waals surface area contributed by atoms with E-state index in [2.05, 4.69) is 14.7 Å². The summed E-state index contributed by atoms with van der Waals surface area (Å²) in [6.07, 6.45) is -10.6. The molecule has 0 amide bonds. The molecule has 6 nitrogen and oxygen atoms in total. The van der Waals surface area contributed by atoms with Crippen LogP contribution in [0.2, 0.25) is 0 Å². The van der Waals surface area contributed by atoms with Crippen molar-refractivity contribution >= 4 is 5.97 Å². The Morgan fingerprint density at radius 1 is 1.11 bits per heavy atom. The number of nitrogens with zero attached hydrogens (tertiary/aromatic N) is 3. The normalized spacial score (nSPS) is 12.5. The predicted octanol–water partition coefficient (Wildman–Crippen LogP) is 5.98. The molecule has 2 heterocycles. The molecule has 0 aliphatic carbocycles. The molecule has 196 valence electrons. The SMILES string of the molecule is CCCCOC(=O)c1nc(CC)n(-c2ncc(CC(C(F)(F)F)C(F)(F)F)cc2OC(F)F)c1C. The van der Waals surface area contributed by atoms with Gasteiger partial charge in [0.2, 0.25) is 0 Å². The lowest BCUT2D eigenvalue weighted by Crippen LogP contribution is -2.38. The van der Waals surface area contributed by atoms with E-state index in [0.717, 1.165) is 6.42 Å². The molecular weight excluding hydrogens is 494 g/mol. The topological polar surface area (TPSA) is 66.2 Å². The number of hydrogen-bond acceptors (Lipinski definition) is 5. The van der Waals surface area contributed by atoms with Gasteiger partial charge in [-0.3, -0.25) is 4.57 Å². The van der Waals surface area contributed by atoms with Crippen molar-refractivity contribution in [2.24, 2.45) is 5.92 Å². The van der Waals surface area contributed by atoms with Gasteiger partial charge in [-0.15, -0.1) is 0 Å².